The van der Waals surface area contributed by atoms with Crippen LogP contribution in [0.1, 0.15) is 18.9 Å². The Kier molecular flexibility index (Phi) is 3.66. The van der Waals surface area contributed by atoms with Crippen LogP contribution in [0.5, 0.6) is 5.75 Å². The fraction of sp³-hybridized carbons (Fsp3) is 0.278. The number of fused-ring (bicyclic) bond motifs is 2. The van der Waals surface area contributed by atoms with Gasteiger partial charge in [0.1, 0.15) is 11.6 Å². The van der Waals surface area contributed by atoms with E-state index in [4.69, 9.17) is 22.1 Å². The molecule has 0 saturated carbocycles. The number of halogens is 2. The predicted octanol–water partition coefficient (Wildman–Crippen LogP) is 2.69. The molecule has 2 N–H and O–H groups in total. The van der Waals surface area contributed by atoms with Crippen molar-refractivity contribution in [3.05, 3.63) is 46.9 Å². The molecular weight excluding hydrogens is 359 g/mol. The molecule has 2 aromatic rings. The number of carbonyl (C=O) groups excluding carboxylic acids is 1. The van der Waals surface area contributed by atoms with Gasteiger partial charge >= 0.3 is 0 Å². The number of benzene rings is 1. The molecule has 3 heterocycles. The summed E-state index contributed by atoms with van der Waals surface area (Å²) >= 11 is 5.95. The molecule has 134 valence electrons. The lowest BCUT2D eigenvalue weighted by Gasteiger charge is -2.35. The van der Waals surface area contributed by atoms with E-state index in [9.17, 15) is 9.18 Å². The molecule has 1 spiro atoms. The maximum absolute atomic E-state index is 13.7. The van der Waals surface area contributed by atoms with E-state index in [1.54, 1.807) is 19.2 Å². The van der Waals surface area contributed by atoms with Gasteiger partial charge in [0.25, 0.3) is 5.91 Å². The standard InChI is InChI=1S/C18H16ClFN4O2/c1-9-7-18(16(25)24(2)17(21)23-18)13-6-14(22-8-15(13)26-9)10-3-11(19)5-12(20)4-10/h3-6,8-9H,7H2,1-2H3,(H2,21,23)/t9-,18?/m1/s1. The summed E-state index contributed by atoms with van der Waals surface area (Å²) in [5.41, 5.74) is 6.29. The normalized spacial score (nSPS) is 24.5. The zero-order valence-corrected chi connectivity index (χ0v) is 14.9. The van der Waals surface area contributed by atoms with Crippen molar-refractivity contribution >= 4 is 23.5 Å². The number of ether oxygens (including phenoxy) is 1. The van der Waals surface area contributed by atoms with Gasteiger partial charge in [0.05, 0.1) is 18.0 Å². The van der Waals surface area contributed by atoms with Gasteiger partial charge in [-0.05, 0) is 31.2 Å². The number of aromatic nitrogens is 1. The van der Waals surface area contributed by atoms with Crippen LogP contribution in [-0.2, 0) is 10.3 Å². The quantitative estimate of drug-likeness (QED) is 0.832. The highest BCUT2D eigenvalue weighted by Crippen LogP contribution is 2.46. The van der Waals surface area contributed by atoms with Crippen LogP contribution in [0.25, 0.3) is 11.3 Å². The van der Waals surface area contributed by atoms with Crippen LogP contribution in [0.3, 0.4) is 0 Å². The van der Waals surface area contributed by atoms with Crippen LogP contribution in [0, 0.1) is 5.82 Å². The van der Waals surface area contributed by atoms with E-state index < -0.39 is 11.4 Å². The molecule has 2 aliphatic heterocycles. The first-order valence-corrected chi connectivity index (χ1v) is 8.45. The van der Waals surface area contributed by atoms with Gasteiger partial charge in [-0.25, -0.2) is 9.38 Å². The Hall–Kier alpha value is -2.67. The van der Waals surface area contributed by atoms with Crippen molar-refractivity contribution in [3.63, 3.8) is 0 Å². The van der Waals surface area contributed by atoms with E-state index in [0.29, 0.717) is 29.0 Å². The number of hydrogen-bond donors (Lipinski definition) is 1. The third-order valence-electron chi connectivity index (χ3n) is 4.69. The van der Waals surface area contributed by atoms with E-state index in [2.05, 4.69) is 9.98 Å². The van der Waals surface area contributed by atoms with Crippen molar-refractivity contribution in [2.75, 3.05) is 7.05 Å². The highest BCUT2D eigenvalue weighted by Gasteiger charge is 2.53. The third-order valence-corrected chi connectivity index (χ3v) is 4.91. The summed E-state index contributed by atoms with van der Waals surface area (Å²) in [6, 6.07) is 5.86. The molecule has 0 bridgehead atoms. The number of amides is 1. The molecule has 0 fully saturated rings. The molecule has 1 aromatic heterocycles. The monoisotopic (exact) mass is 374 g/mol. The molecule has 1 amide bonds. The Morgan fingerprint density at radius 1 is 1.38 bits per heavy atom. The van der Waals surface area contributed by atoms with Crippen LogP contribution >= 0.6 is 11.6 Å². The SMILES string of the molecule is C[C@@H]1CC2(N=C(N)N(C)C2=O)c2cc(-c3cc(F)cc(Cl)c3)ncc2O1. The summed E-state index contributed by atoms with van der Waals surface area (Å²) in [6.45, 7) is 1.86. The zero-order valence-electron chi connectivity index (χ0n) is 14.2. The Morgan fingerprint density at radius 2 is 2.15 bits per heavy atom. The zero-order chi connectivity index (χ0) is 18.6. The molecule has 0 aliphatic carbocycles. The van der Waals surface area contributed by atoms with Gasteiger partial charge in [-0.3, -0.25) is 14.7 Å². The van der Waals surface area contributed by atoms with E-state index in [0.717, 1.165) is 0 Å². The summed E-state index contributed by atoms with van der Waals surface area (Å²) in [7, 11) is 1.59. The number of nitrogens with two attached hydrogens (primary N) is 1. The van der Waals surface area contributed by atoms with Gasteiger partial charge in [0.2, 0.25) is 0 Å². The number of nitrogens with zero attached hydrogens (tertiary/aromatic N) is 3. The largest absolute Gasteiger partial charge is 0.489 e. The van der Waals surface area contributed by atoms with Crippen LogP contribution in [0.15, 0.2) is 35.5 Å². The number of likely N-dealkylation sites (N-methyl/N-ethyl adjacent to an activating group) is 1. The van der Waals surface area contributed by atoms with E-state index in [-0.39, 0.29) is 23.0 Å². The Bertz CT molecular complexity index is 944. The highest BCUT2D eigenvalue weighted by atomic mass is 35.5. The number of hydrogen-bond acceptors (Lipinski definition) is 5. The van der Waals surface area contributed by atoms with Gasteiger partial charge in [-0.2, -0.15) is 0 Å². The first-order valence-electron chi connectivity index (χ1n) is 8.07. The molecule has 6 nitrogen and oxygen atoms in total. The van der Waals surface area contributed by atoms with Crippen molar-refractivity contribution in [2.24, 2.45) is 10.7 Å². The van der Waals surface area contributed by atoms with Crippen LogP contribution in [-0.4, -0.2) is 34.9 Å². The average molecular weight is 375 g/mol. The fourth-order valence-corrected chi connectivity index (χ4v) is 3.73. The Balaban J connectivity index is 1.91. The minimum atomic E-state index is -1.15. The molecule has 1 unspecified atom stereocenters. The number of carbonyl (C=O) groups is 1. The Labute approximate surface area is 154 Å². The molecule has 0 radical (unpaired) electrons. The van der Waals surface area contributed by atoms with Gasteiger partial charge in [-0.15, -0.1) is 0 Å². The fourth-order valence-electron chi connectivity index (χ4n) is 3.51. The topological polar surface area (TPSA) is 80.8 Å². The minimum Gasteiger partial charge on any atom is -0.489 e. The van der Waals surface area contributed by atoms with E-state index >= 15 is 0 Å². The molecule has 0 saturated heterocycles. The summed E-state index contributed by atoms with van der Waals surface area (Å²) in [4.78, 5) is 23.1. The molecule has 2 aliphatic rings. The molecular formula is C18H16ClFN4O2. The van der Waals surface area contributed by atoms with Gasteiger partial charge in [0.15, 0.2) is 11.5 Å². The molecule has 8 heteroatoms. The number of guanidine groups is 1. The summed E-state index contributed by atoms with van der Waals surface area (Å²) < 4.78 is 19.6. The summed E-state index contributed by atoms with van der Waals surface area (Å²) in [6.07, 6.45) is 1.65. The smallest absolute Gasteiger partial charge is 0.261 e. The first-order chi connectivity index (χ1) is 12.3. The second-order valence-electron chi connectivity index (χ2n) is 6.55. The Morgan fingerprint density at radius 3 is 2.81 bits per heavy atom. The van der Waals surface area contributed by atoms with Gasteiger partial charge in [-0.1, -0.05) is 11.6 Å². The van der Waals surface area contributed by atoms with Crippen LogP contribution in [0.4, 0.5) is 4.39 Å². The maximum Gasteiger partial charge on any atom is 0.261 e. The van der Waals surface area contributed by atoms with Crippen molar-refractivity contribution in [3.8, 4) is 17.0 Å². The second kappa shape index (κ2) is 5.67. The van der Waals surface area contributed by atoms with Crippen molar-refractivity contribution in [1.29, 1.82) is 0 Å². The van der Waals surface area contributed by atoms with Crippen molar-refractivity contribution in [2.45, 2.75) is 25.0 Å². The summed E-state index contributed by atoms with van der Waals surface area (Å²) in [5, 5.41) is 0.262. The van der Waals surface area contributed by atoms with Crippen molar-refractivity contribution in [1.82, 2.24) is 9.88 Å². The molecule has 1 aromatic carbocycles. The highest BCUT2D eigenvalue weighted by molar-refractivity contribution is 6.30. The molecule has 26 heavy (non-hydrogen) atoms. The maximum atomic E-state index is 13.7. The van der Waals surface area contributed by atoms with E-state index in [1.165, 1.54) is 23.2 Å². The van der Waals surface area contributed by atoms with E-state index in [1.807, 2.05) is 6.92 Å². The molecule has 2 atom stereocenters. The minimum absolute atomic E-state index is 0.155. The summed E-state index contributed by atoms with van der Waals surface area (Å²) in [5.74, 6) is -0.0659. The predicted molar refractivity (Wildman–Crippen MR) is 95.4 cm³/mol. The number of aliphatic imine (C=N–C) groups is 1. The number of pyridine rings is 1. The van der Waals surface area contributed by atoms with Gasteiger partial charge < -0.3 is 10.5 Å². The first kappa shape index (κ1) is 16.8. The number of rotatable bonds is 1. The second-order valence-corrected chi connectivity index (χ2v) is 6.99. The lowest BCUT2D eigenvalue weighted by Crippen LogP contribution is -2.45. The lowest BCUT2D eigenvalue weighted by molar-refractivity contribution is -0.132. The van der Waals surface area contributed by atoms with Gasteiger partial charge in [0, 0.05) is 29.6 Å². The average Bonchev–Trinajstić information content (AvgIpc) is 2.78. The van der Waals surface area contributed by atoms with Crippen molar-refractivity contribution < 1.29 is 13.9 Å². The third kappa shape index (κ3) is 2.42. The van der Waals surface area contributed by atoms with Crippen LogP contribution < -0.4 is 10.5 Å². The molecule has 4 rings (SSSR count). The van der Waals surface area contributed by atoms with Crippen LogP contribution in [0.2, 0.25) is 5.02 Å². The lowest BCUT2D eigenvalue weighted by atomic mass is 9.82.